The van der Waals surface area contributed by atoms with E-state index in [1.807, 2.05) is 0 Å². The van der Waals surface area contributed by atoms with Crippen LogP contribution in [0.1, 0.15) is 168 Å². The summed E-state index contributed by atoms with van der Waals surface area (Å²) in [5, 5.41) is 0. The molecule has 1 nitrogen and oxygen atoms in total. The second-order valence-corrected chi connectivity index (χ2v) is 12.4. The predicted octanol–water partition coefficient (Wildman–Crippen LogP) is 10.2. The minimum absolute atomic E-state index is 0.133. The fourth-order valence-corrected chi connectivity index (χ4v) is 7.40. The van der Waals surface area contributed by atoms with Crippen molar-refractivity contribution >= 4 is 21.3 Å². The van der Waals surface area contributed by atoms with Crippen LogP contribution in [0.25, 0.3) is 0 Å². The summed E-state index contributed by atoms with van der Waals surface area (Å²) in [6, 6.07) is 0. The van der Waals surface area contributed by atoms with Crippen LogP contribution < -0.4 is 0 Å². The molecule has 180 valence electrons. The molecule has 0 atom stereocenters. The number of unbranched alkanes of at least 4 members (excludes halogenated alkanes) is 18. The third-order valence-electron chi connectivity index (χ3n) is 7.07. The first-order chi connectivity index (χ1) is 14.8. The van der Waals surface area contributed by atoms with Crippen molar-refractivity contribution in [2.24, 2.45) is 0 Å². The van der Waals surface area contributed by atoms with Gasteiger partial charge in [0.05, 0.1) is 0 Å². The average molecular weight is 536 g/mol. The Labute approximate surface area is 201 Å². The van der Waals surface area contributed by atoms with Gasteiger partial charge >= 0.3 is 176 Å². The molecule has 1 fully saturated rings. The molecule has 0 N–H and O–H groups in total. The Bertz CT molecular complexity index is 312. The molecule has 1 aliphatic rings. The van der Waals surface area contributed by atoms with Crippen molar-refractivity contribution in [2.75, 3.05) is 0 Å². The molecule has 0 aromatic rings. The second-order valence-electron chi connectivity index (χ2n) is 10.1. The molecule has 0 aromatic heterocycles. The maximum atomic E-state index is 6.56. The van der Waals surface area contributed by atoms with E-state index in [1.165, 1.54) is 159 Å². The van der Waals surface area contributed by atoms with E-state index < -0.39 is 0 Å². The number of hydrogen-bond acceptors (Lipinski definition) is 1. The molecular weight excluding hydrogens is 480 g/mol. The standard InChI is InChI=1S/C28H56OTe/c1-3-5-7-9-11-13-15-17-19-21-24-28(26-23-27-30-29-28)25-22-20-18-16-14-12-10-8-6-4-2/h3-27H2,1-2H3. The maximum absolute atomic E-state index is 6.56. The molecule has 1 rings (SSSR count). The van der Waals surface area contributed by atoms with E-state index in [1.54, 1.807) is 0 Å². The van der Waals surface area contributed by atoms with E-state index >= 15 is 0 Å². The first kappa shape index (κ1) is 28.8. The second kappa shape index (κ2) is 21.6. The summed E-state index contributed by atoms with van der Waals surface area (Å²) in [5.74, 6) is 0. The van der Waals surface area contributed by atoms with E-state index in [-0.39, 0.29) is 21.3 Å². The summed E-state index contributed by atoms with van der Waals surface area (Å²) in [4.78, 5) is 0. The van der Waals surface area contributed by atoms with E-state index in [9.17, 15) is 0 Å². The van der Waals surface area contributed by atoms with E-state index in [0.29, 0.717) is 5.60 Å². The fourth-order valence-electron chi connectivity index (χ4n) is 4.99. The van der Waals surface area contributed by atoms with E-state index in [0.717, 1.165) is 0 Å². The third kappa shape index (κ3) is 16.4. The normalized spacial score (nSPS) is 16.2. The van der Waals surface area contributed by atoms with Crippen molar-refractivity contribution in [3.63, 3.8) is 0 Å². The molecule has 0 bridgehead atoms. The minimum atomic E-state index is -0.133. The van der Waals surface area contributed by atoms with Gasteiger partial charge in [0.15, 0.2) is 0 Å². The molecular formula is C28H56OTe. The van der Waals surface area contributed by atoms with Gasteiger partial charge in [0.25, 0.3) is 0 Å². The quantitative estimate of drug-likeness (QED) is 0.0988. The molecule has 0 aromatic carbocycles. The Balaban J connectivity index is 2.02. The molecule has 1 heterocycles. The molecule has 1 saturated heterocycles. The first-order valence-corrected chi connectivity index (χ1v) is 16.7. The van der Waals surface area contributed by atoms with Crippen LogP contribution in [-0.4, -0.2) is 26.9 Å². The van der Waals surface area contributed by atoms with Gasteiger partial charge in [-0.2, -0.15) is 0 Å². The summed E-state index contributed by atoms with van der Waals surface area (Å²) >= 11 is -0.133. The SMILES string of the molecule is CCCCCCCCCCCCC1(CCCCCCCCCCCC)CCC[Te]O1. The van der Waals surface area contributed by atoms with Crippen LogP contribution in [0.2, 0.25) is 4.47 Å². The molecule has 0 unspecified atom stereocenters. The van der Waals surface area contributed by atoms with E-state index in [2.05, 4.69) is 13.8 Å². The van der Waals surface area contributed by atoms with Crippen LogP contribution in [-0.2, 0) is 3.10 Å². The molecule has 2 heteroatoms. The Morgan fingerprint density at radius 1 is 0.533 bits per heavy atom. The van der Waals surface area contributed by atoms with Crippen molar-refractivity contribution in [3.05, 3.63) is 0 Å². The van der Waals surface area contributed by atoms with Crippen molar-refractivity contribution in [1.82, 2.24) is 0 Å². The van der Waals surface area contributed by atoms with Crippen LogP contribution in [0.15, 0.2) is 0 Å². The fraction of sp³-hybridized carbons (Fsp3) is 1.00. The van der Waals surface area contributed by atoms with Gasteiger partial charge in [-0.25, -0.2) is 0 Å². The number of rotatable bonds is 22. The van der Waals surface area contributed by atoms with Crippen molar-refractivity contribution < 1.29 is 3.10 Å². The average Bonchev–Trinajstić information content (AvgIpc) is 2.77. The molecule has 0 amide bonds. The summed E-state index contributed by atoms with van der Waals surface area (Å²) in [6.07, 6.45) is 34.4. The van der Waals surface area contributed by atoms with Gasteiger partial charge in [0.2, 0.25) is 0 Å². The van der Waals surface area contributed by atoms with Crippen molar-refractivity contribution in [3.8, 4) is 0 Å². The summed E-state index contributed by atoms with van der Waals surface area (Å²) in [7, 11) is 0. The molecule has 0 spiro atoms. The topological polar surface area (TPSA) is 9.23 Å². The summed E-state index contributed by atoms with van der Waals surface area (Å²) in [6.45, 7) is 4.61. The van der Waals surface area contributed by atoms with Crippen LogP contribution in [0.3, 0.4) is 0 Å². The molecule has 0 radical (unpaired) electrons. The van der Waals surface area contributed by atoms with Crippen LogP contribution >= 0.6 is 0 Å². The van der Waals surface area contributed by atoms with Gasteiger partial charge in [-0.1, -0.05) is 26.7 Å². The Hall–Kier alpha value is 0.750. The van der Waals surface area contributed by atoms with Crippen LogP contribution in [0.4, 0.5) is 0 Å². The molecule has 0 saturated carbocycles. The molecule has 0 aliphatic carbocycles. The van der Waals surface area contributed by atoms with Crippen molar-refractivity contribution in [2.45, 2.75) is 178 Å². The van der Waals surface area contributed by atoms with Crippen LogP contribution in [0, 0.1) is 0 Å². The Kier molecular flexibility index (Phi) is 20.7. The summed E-state index contributed by atoms with van der Waals surface area (Å²) in [5.41, 5.74) is 0.320. The van der Waals surface area contributed by atoms with Gasteiger partial charge < -0.3 is 0 Å². The van der Waals surface area contributed by atoms with Crippen molar-refractivity contribution in [1.29, 1.82) is 0 Å². The number of hydrogen-bond donors (Lipinski definition) is 0. The van der Waals surface area contributed by atoms with Gasteiger partial charge in [0, 0.05) is 0 Å². The zero-order valence-corrected chi connectivity index (χ0v) is 23.3. The molecule has 1 aliphatic heterocycles. The zero-order chi connectivity index (χ0) is 21.6. The van der Waals surface area contributed by atoms with Gasteiger partial charge in [-0.15, -0.1) is 0 Å². The van der Waals surface area contributed by atoms with Gasteiger partial charge in [-0.05, 0) is 0 Å². The summed E-state index contributed by atoms with van der Waals surface area (Å²) < 4.78 is 7.98. The Morgan fingerprint density at radius 3 is 1.23 bits per heavy atom. The van der Waals surface area contributed by atoms with E-state index in [4.69, 9.17) is 3.10 Å². The monoisotopic (exact) mass is 538 g/mol. The predicted molar refractivity (Wildman–Crippen MR) is 137 cm³/mol. The van der Waals surface area contributed by atoms with Gasteiger partial charge in [0.1, 0.15) is 0 Å². The zero-order valence-electron chi connectivity index (χ0n) is 21.0. The molecule has 30 heavy (non-hydrogen) atoms. The Morgan fingerprint density at radius 2 is 0.900 bits per heavy atom. The third-order valence-corrected chi connectivity index (χ3v) is 9.71. The van der Waals surface area contributed by atoms with Crippen LogP contribution in [0.5, 0.6) is 0 Å². The van der Waals surface area contributed by atoms with Gasteiger partial charge in [-0.3, -0.25) is 0 Å². The first-order valence-electron chi connectivity index (χ1n) is 14.1.